The van der Waals surface area contributed by atoms with Gasteiger partial charge >= 0.3 is 0 Å². The molecule has 0 aliphatic heterocycles. The summed E-state index contributed by atoms with van der Waals surface area (Å²) >= 11 is 0. The van der Waals surface area contributed by atoms with Crippen molar-refractivity contribution in [1.29, 1.82) is 0 Å². The third-order valence-electron chi connectivity index (χ3n) is 8.01. The van der Waals surface area contributed by atoms with Gasteiger partial charge in [-0.3, -0.25) is 0 Å². The van der Waals surface area contributed by atoms with E-state index in [0.717, 1.165) is 31.2 Å². The summed E-state index contributed by atoms with van der Waals surface area (Å²) in [6.07, 6.45) is 2.20. The van der Waals surface area contributed by atoms with Gasteiger partial charge in [0.15, 0.2) is 0 Å². The lowest BCUT2D eigenvalue weighted by Crippen LogP contribution is -2.32. The predicted molar refractivity (Wildman–Crippen MR) is 192 cm³/mol. The molecule has 220 valence electrons. The molecule has 5 aromatic carbocycles. The van der Waals surface area contributed by atoms with Gasteiger partial charge < -0.3 is 9.64 Å². The van der Waals surface area contributed by atoms with Crippen molar-refractivity contribution in [3.8, 4) is 5.75 Å². The van der Waals surface area contributed by atoms with Crippen LogP contribution >= 0.6 is 15.8 Å². The molecule has 0 radical (unpaired) electrons. The van der Waals surface area contributed by atoms with Crippen LogP contribution in [0.25, 0.3) is 0 Å². The summed E-state index contributed by atoms with van der Waals surface area (Å²) in [5.74, 6) is 0.895. The Labute approximate surface area is 261 Å². The second kappa shape index (κ2) is 14.8. The van der Waals surface area contributed by atoms with Crippen molar-refractivity contribution in [2.45, 2.75) is 27.7 Å². The van der Waals surface area contributed by atoms with E-state index in [4.69, 9.17) is 4.74 Å². The van der Waals surface area contributed by atoms with E-state index >= 15 is 0 Å². The van der Waals surface area contributed by atoms with E-state index in [1.54, 1.807) is 7.11 Å². The largest absolute Gasteiger partial charge is 0.497 e. The molecule has 0 aromatic heterocycles. The zero-order chi connectivity index (χ0) is 30.2. The smallest absolute Gasteiger partial charge is 0.119 e. The van der Waals surface area contributed by atoms with Gasteiger partial charge in [-0.15, -0.1) is 0 Å². The Morgan fingerprint density at radius 3 is 1.02 bits per heavy atom. The Hall–Kier alpha value is -3.44. The van der Waals surface area contributed by atoms with E-state index in [1.165, 1.54) is 49.2 Å². The van der Waals surface area contributed by atoms with E-state index < -0.39 is 15.8 Å². The average molecular weight is 604 g/mol. The van der Waals surface area contributed by atoms with E-state index in [9.17, 15) is 0 Å². The van der Waals surface area contributed by atoms with Crippen LogP contribution in [0.2, 0.25) is 0 Å². The summed E-state index contributed by atoms with van der Waals surface area (Å²) in [7, 11) is 0.756. The van der Waals surface area contributed by atoms with Gasteiger partial charge in [-0.25, -0.2) is 0 Å². The molecule has 0 amide bonds. The molecule has 0 aliphatic carbocycles. The fourth-order valence-corrected chi connectivity index (χ4v) is 9.87. The Morgan fingerprint density at radius 1 is 0.442 bits per heavy atom. The van der Waals surface area contributed by atoms with Crippen molar-refractivity contribution in [2.24, 2.45) is 0 Å². The highest BCUT2D eigenvalue weighted by molar-refractivity contribution is 7.73. The first-order valence-corrected chi connectivity index (χ1v) is 18.2. The molecule has 2 nitrogen and oxygen atoms in total. The van der Waals surface area contributed by atoms with Gasteiger partial charge in [0.1, 0.15) is 5.75 Å². The fraction of sp³-hybridized carbons (Fsp3) is 0.231. The van der Waals surface area contributed by atoms with Gasteiger partial charge in [0.05, 0.1) is 7.11 Å². The van der Waals surface area contributed by atoms with Crippen LogP contribution in [0, 0.1) is 27.7 Å². The summed E-state index contributed by atoms with van der Waals surface area (Å²) in [6, 6.07) is 45.4. The van der Waals surface area contributed by atoms with E-state index in [1.807, 2.05) is 0 Å². The van der Waals surface area contributed by atoms with Crippen LogP contribution in [0.3, 0.4) is 0 Å². The van der Waals surface area contributed by atoms with Gasteiger partial charge in [0.2, 0.25) is 0 Å². The quantitative estimate of drug-likeness (QED) is 0.134. The summed E-state index contributed by atoms with van der Waals surface area (Å²) in [5.41, 5.74) is 6.49. The van der Waals surface area contributed by atoms with Crippen LogP contribution in [-0.2, 0) is 0 Å². The minimum atomic E-state index is -0.490. The van der Waals surface area contributed by atoms with Gasteiger partial charge in [-0.1, -0.05) is 119 Å². The first kappa shape index (κ1) is 31.0. The van der Waals surface area contributed by atoms with Crippen molar-refractivity contribution >= 4 is 42.7 Å². The molecule has 0 N–H and O–H groups in total. The number of rotatable bonds is 12. The lowest BCUT2D eigenvalue weighted by Gasteiger charge is -2.30. The van der Waals surface area contributed by atoms with Crippen LogP contribution in [0.4, 0.5) is 5.69 Å². The maximum Gasteiger partial charge on any atom is 0.119 e. The molecular weight excluding hydrogens is 560 g/mol. The fourth-order valence-electron chi connectivity index (χ4n) is 5.32. The number of methoxy groups -OCH3 is 1. The molecule has 0 unspecified atom stereocenters. The second-order valence-corrected chi connectivity index (χ2v) is 16.0. The van der Waals surface area contributed by atoms with E-state index in [0.29, 0.717) is 0 Å². The third-order valence-corrected chi connectivity index (χ3v) is 13.0. The number of nitrogens with zero attached hydrogens (tertiary/aromatic N) is 1. The minimum absolute atomic E-state index is 0.490. The SMILES string of the molecule is COc1ccc(N(CCP(c2ccc(C)cc2)c2ccc(C)cc2)CCP(c2ccc(C)cc2)c2ccc(C)cc2)cc1. The van der Waals surface area contributed by atoms with Crippen LogP contribution in [0.15, 0.2) is 121 Å². The van der Waals surface area contributed by atoms with Crippen LogP contribution in [-0.4, -0.2) is 32.5 Å². The van der Waals surface area contributed by atoms with E-state index in [2.05, 4.69) is 154 Å². The normalized spacial score (nSPS) is 11.2. The summed E-state index contributed by atoms with van der Waals surface area (Å²) in [4.78, 5) is 2.61. The maximum absolute atomic E-state index is 5.50. The molecule has 43 heavy (non-hydrogen) atoms. The van der Waals surface area contributed by atoms with Crippen molar-refractivity contribution in [3.05, 3.63) is 144 Å². The first-order chi connectivity index (χ1) is 20.9. The summed E-state index contributed by atoms with van der Waals surface area (Å²) < 4.78 is 5.50. The highest BCUT2D eigenvalue weighted by atomic mass is 31.1. The van der Waals surface area contributed by atoms with Crippen LogP contribution < -0.4 is 30.9 Å². The van der Waals surface area contributed by atoms with Crippen molar-refractivity contribution in [3.63, 3.8) is 0 Å². The van der Waals surface area contributed by atoms with Gasteiger partial charge in [0.25, 0.3) is 0 Å². The molecule has 0 saturated heterocycles. The Morgan fingerprint density at radius 2 is 0.744 bits per heavy atom. The second-order valence-electron chi connectivity index (χ2n) is 11.3. The topological polar surface area (TPSA) is 12.5 Å². The van der Waals surface area contributed by atoms with Crippen molar-refractivity contribution in [2.75, 3.05) is 37.4 Å². The monoisotopic (exact) mass is 603 g/mol. The van der Waals surface area contributed by atoms with E-state index in [-0.39, 0.29) is 0 Å². The maximum atomic E-state index is 5.50. The number of hydrogen-bond donors (Lipinski definition) is 0. The lowest BCUT2D eigenvalue weighted by molar-refractivity contribution is 0.415. The Balaban J connectivity index is 1.44. The van der Waals surface area contributed by atoms with Crippen LogP contribution in [0.1, 0.15) is 22.3 Å². The van der Waals surface area contributed by atoms with Crippen molar-refractivity contribution < 1.29 is 4.74 Å². The molecule has 0 fully saturated rings. The number of aryl methyl sites for hydroxylation is 4. The number of ether oxygens (including phenoxy) is 1. The Kier molecular flexibility index (Phi) is 10.7. The molecule has 0 aliphatic rings. The molecule has 0 atom stereocenters. The minimum Gasteiger partial charge on any atom is -0.497 e. The van der Waals surface area contributed by atoms with Crippen LogP contribution in [0.5, 0.6) is 5.75 Å². The molecule has 0 bridgehead atoms. The molecule has 0 spiro atoms. The molecular formula is C39H43NOP2. The highest BCUT2D eigenvalue weighted by Crippen LogP contribution is 2.37. The van der Waals surface area contributed by atoms with Gasteiger partial charge in [0, 0.05) is 18.8 Å². The van der Waals surface area contributed by atoms with Gasteiger partial charge in [-0.05, 0) is 101 Å². The highest BCUT2D eigenvalue weighted by Gasteiger charge is 2.20. The zero-order valence-electron chi connectivity index (χ0n) is 26.1. The molecule has 5 rings (SSSR count). The van der Waals surface area contributed by atoms with Crippen molar-refractivity contribution in [1.82, 2.24) is 0 Å². The number of hydrogen-bond acceptors (Lipinski definition) is 2. The van der Waals surface area contributed by atoms with Gasteiger partial charge in [-0.2, -0.15) is 0 Å². The summed E-state index contributed by atoms with van der Waals surface area (Å²) in [6.45, 7) is 10.7. The standard InChI is InChI=1S/C39H43NOP2/c1-30-6-18-36(19-7-30)42(37-20-8-31(2)9-21-37)28-26-40(34-14-16-35(41-5)17-15-34)27-29-43(38-22-10-32(3)11-23-38)39-24-12-33(4)13-25-39/h6-25H,26-29H2,1-5H3. The molecule has 4 heteroatoms. The average Bonchev–Trinajstić information content (AvgIpc) is 3.03. The zero-order valence-corrected chi connectivity index (χ0v) is 27.9. The molecule has 0 saturated carbocycles. The number of benzene rings is 5. The molecule has 0 heterocycles. The summed E-state index contributed by atoms with van der Waals surface area (Å²) in [5, 5.41) is 5.78. The molecule has 5 aromatic rings. The third kappa shape index (κ3) is 8.35. The number of anilines is 1. The predicted octanol–water partition coefficient (Wildman–Crippen LogP) is 8.00. The lowest BCUT2D eigenvalue weighted by atomic mass is 10.2. The Bertz CT molecular complexity index is 1370. The first-order valence-electron chi connectivity index (χ1n) is 15.1.